The summed E-state index contributed by atoms with van der Waals surface area (Å²) >= 11 is 6.86. The highest BCUT2D eigenvalue weighted by molar-refractivity contribution is 7.14. The molecule has 8 heavy (non-hydrogen) atoms. The minimum absolute atomic E-state index is 0.0671. The molecule has 0 aliphatic rings. The molecule has 1 aromatic rings. The lowest BCUT2D eigenvalue weighted by Gasteiger charge is -1.83. The molecule has 1 aromatic heterocycles. The fraction of sp³-hybridized carbons (Fsp3) is 0.250. The van der Waals surface area contributed by atoms with Gasteiger partial charge in [0.2, 0.25) is 0 Å². The van der Waals surface area contributed by atoms with Gasteiger partial charge in [-0.3, -0.25) is 0 Å². The third-order valence-corrected chi connectivity index (χ3v) is 1.88. The van der Waals surface area contributed by atoms with Crippen LogP contribution in [0.15, 0.2) is 5.51 Å². The lowest BCUT2D eigenvalue weighted by atomic mass is 10.5. The molecule has 1 rings (SSSR count). The van der Waals surface area contributed by atoms with Crippen LogP contribution in [0.1, 0.15) is 5.69 Å². The normalized spacial score (nSPS) is 9.75. The Balaban J connectivity index is 2.92. The van der Waals surface area contributed by atoms with E-state index in [2.05, 4.69) is 4.98 Å². The maximum absolute atomic E-state index is 8.47. The number of rotatable bonds is 1. The predicted octanol–water partition coefficient (Wildman–Crippen LogP) is 1.29. The van der Waals surface area contributed by atoms with Gasteiger partial charge >= 0.3 is 0 Å². The number of hydrogen-bond acceptors (Lipinski definition) is 3. The van der Waals surface area contributed by atoms with E-state index in [1.165, 1.54) is 11.3 Å². The van der Waals surface area contributed by atoms with Crippen molar-refractivity contribution in [1.29, 1.82) is 0 Å². The molecule has 0 bridgehead atoms. The number of hydrogen-bond donors (Lipinski definition) is 1. The van der Waals surface area contributed by atoms with Crippen LogP contribution in [-0.2, 0) is 6.61 Å². The average molecular weight is 150 g/mol. The third-order valence-electron chi connectivity index (χ3n) is 0.741. The van der Waals surface area contributed by atoms with Crippen molar-refractivity contribution in [2.45, 2.75) is 6.61 Å². The van der Waals surface area contributed by atoms with Gasteiger partial charge in [0.1, 0.15) is 4.34 Å². The second-order valence-corrected chi connectivity index (χ2v) is 2.69. The molecule has 44 valence electrons. The Bertz CT molecular complexity index is 176. The Morgan fingerprint density at radius 1 is 1.88 bits per heavy atom. The molecule has 0 atom stereocenters. The van der Waals surface area contributed by atoms with Crippen LogP contribution in [0.3, 0.4) is 0 Å². The number of thiazole rings is 1. The van der Waals surface area contributed by atoms with Crippen molar-refractivity contribution in [2.75, 3.05) is 0 Å². The molecule has 0 aromatic carbocycles. The smallest absolute Gasteiger partial charge is 0.118 e. The van der Waals surface area contributed by atoms with E-state index < -0.39 is 0 Å². The molecule has 0 saturated carbocycles. The summed E-state index contributed by atoms with van der Waals surface area (Å²) in [7, 11) is 0. The summed E-state index contributed by atoms with van der Waals surface area (Å²) in [5.41, 5.74) is 2.17. The summed E-state index contributed by atoms with van der Waals surface area (Å²) in [6.45, 7) is -0.0671. The van der Waals surface area contributed by atoms with E-state index in [4.69, 9.17) is 16.7 Å². The highest BCUT2D eigenvalue weighted by Gasteiger charge is 1.98. The van der Waals surface area contributed by atoms with Gasteiger partial charge < -0.3 is 5.11 Å². The lowest BCUT2D eigenvalue weighted by Crippen LogP contribution is -1.80. The minimum Gasteiger partial charge on any atom is -0.390 e. The summed E-state index contributed by atoms with van der Waals surface area (Å²) in [5, 5.41) is 8.47. The van der Waals surface area contributed by atoms with Crippen molar-refractivity contribution in [3.8, 4) is 0 Å². The zero-order valence-corrected chi connectivity index (χ0v) is 5.54. The number of aliphatic hydroxyl groups excluding tert-OH is 1. The first-order valence-corrected chi connectivity index (χ1v) is 3.29. The zero-order valence-electron chi connectivity index (χ0n) is 3.97. The Morgan fingerprint density at radius 2 is 2.62 bits per heavy atom. The van der Waals surface area contributed by atoms with Crippen molar-refractivity contribution in [1.82, 2.24) is 4.98 Å². The van der Waals surface area contributed by atoms with Crippen molar-refractivity contribution in [2.24, 2.45) is 0 Å². The molecule has 0 radical (unpaired) electrons. The third kappa shape index (κ3) is 0.992. The van der Waals surface area contributed by atoms with E-state index in [0.29, 0.717) is 10.0 Å². The second kappa shape index (κ2) is 2.44. The van der Waals surface area contributed by atoms with Gasteiger partial charge in [-0.1, -0.05) is 11.6 Å². The molecule has 0 aliphatic carbocycles. The van der Waals surface area contributed by atoms with Gasteiger partial charge in [0.15, 0.2) is 0 Å². The van der Waals surface area contributed by atoms with Gasteiger partial charge in [0.25, 0.3) is 0 Å². The molecule has 0 aliphatic heterocycles. The molecule has 0 saturated heterocycles. The van der Waals surface area contributed by atoms with E-state index in [-0.39, 0.29) is 6.61 Å². The standard InChI is InChI=1S/C4H4ClNOS/c5-4-3(1-7)6-2-8-4/h2,7H,1H2. The van der Waals surface area contributed by atoms with Crippen molar-refractivity contribution >= 4 is 22.9 Å². The summed E-state index contributed by atoms with van der Waals surface area (Å²) in [4.78, 5) is 3.77. The van der Waals surface area contributed by atoms with Crippen molar-refractivity contribution in [3.63, 3.8) is 0 Å². The zero-order chi connectivity index (χ0) is 5.98. The molecule has 2 nitrogen and oxygen atoms in total. The Hall–Kier alpha value is -0.120. The summed E-state index contributed by atoms with van der Waals surface area (Å²) in [6, 6.07) is 0. The molecule has 1 heterocycles. The topological polar surface area (TPSA) is 33.1 Å². The lowest BCUT2D eigenvalue weighted by molar-refractivity contribution is 0.278. The van der Waals surface area contributed by atoms with E-state index in [1.807, 2.05) is 0 Å². The highest BCUT2D eigenvalue weighted by Crippen LogP contribution is 2.18. The molecule has 0 unspecified atom stereocenters. The van der Waals surface area contributed by atoms with Crippen molar-refractivity contribution in [3.05, 3.63) is 15.5 Å². The molecule has 0 amide bonds. The number of halogens is 1. The number of aromatic nitrogens is 1. The van der Waals surface area contributed by atoms with Crippen LogP contribution in [0, 0.1) is 0 Å². The molecular weight excluding hydrogens is 146 g/mol. The maximum atomic E-state index is 8.47. The van der Waals surface area contributed by atoms with Crippen LogP contribution in [0.4, 0.5) is 0 Å². The summed E-state index contributed by atoms with van der Waals surface area (Å²) < 4.78 is 0.576. The summed E-state index contributed by atoms with van der Waals surface area (Å²) in [5.74, 6) is 0. The van der Waals surface area contributed by atoms with Crippen LogP contribution >= 0.6 is 22.9 Å². The van der Waals surface area contributed by atoms with Crippen LogP contribution in [0.2, 0.25) is 4.34 Å². The van der Waals surface area contributed by atoms with E-state index in [1.54, 1.807) is 5.51 Å². The predicted molar refractivity (Wildman–Crippen MR) is 33.0 cm³/mol. The van der Waals surface area contributed by atoms with E-state index >= 15 is 0 Å². The second-order valence-electron chi connectivity index (χ2n) is 1.23. The van der Waals surface area contributed by atoms with Gasteiger partial charge in [-0.15, -0.1) is 11.3 Å². The van der Waals surface area contributed by atoms with Gasteiger partial charge in [-0.05, 0) is 0 Å². The number of aliphatic hydroxyl groups is 1. The fourth-order valence-corrected chi connectivity index (χ4v) is 1.11. The van der Waals surface area contributed by atoms with Crippen molar-refractivity contribution < 1.29 is 5.11 Å². The van der Waals surface area contributed by atoms with Crippen LogP contribution in [0.25, 0.3) is 0 Å². The number of nitrogens with zero attached hydrogens (tertiary/aromatic N) is 1. The van der Waals surface area contributed by atoms with Gasteiger partial charge in [-0.2, -0.15) is 0 Å². The van der Waals surface area contributed by atoms with Gasteiger partial charge in [0, 0.05) is 0 Å². The Morgan fingerprint density at radius 3 is 2.88 bits per heavy atom. The Kier molecular flexibility index (Phi) is 1.83. The first-order valence-electron chi connectivity index (χ1n) is 2.03. The quantitative estimate of drug-likeness (QED) is 0.653. The highest BCUT2D eigenvalue weighted by atomic mass is 35.5. The van der Waals surface area contributed by atoms with Gasteiger partial charge in [-0.25, -0.2) is 4.98 Å². The SMILES string of the molecule is OCc1ncsc1Cl. The first-order chi connectivity index (χ1) is 3.84. The van der Waals surface area contributed by atoms with Crippen LogP contribution in [-0.4, -0.2) is 10.1 Å². The van der Waals surface area contributed by atoms with Crippen LogP contribution < -0.4 is 0 Å². The molecular formula is C4H4ClNOS. The molecule has 0 spiro atoms. The average Bonchev–Trinajstić information content (AvgIpc) is 2.14. The molecule has 1 N–H and O–H groups in total. The van der Waals surface area contributed by atoms with Gasteiger partial charge in [0.05, 0.1) is 17.8 Å². The Labute approximate surface area is 55.8 Å². The van der Waals surface area contributed by atoms with Crippen LogP contribution in [0.5, 0.6) is 0 Å². The molecule has 0 fully saturated rings. The van der Waals surface area contributed by atoms with E-state index in [0.717, 1.165) is 0 Å². The maximum Gasteiger partial charge on any atom is 0.118 e. The minimum atomic E-state index is -0.0671. The first kappa shape index (κ1) is 6.01. The fourth-order valence-electron chi connectivity index (χ4n) is 0.358. The summed E-state index contributed by atoms with van der Waals surface area (Å²) in [6.07, 6.45) is 0. The monoisotopic (exact) mass is 149 g/mol. The molecule has 4 heteroatoms. The van der Waals surface area contributed by atoms with E-state index in [9.17, 15) is 0 Å². The largest absolute Gasteiger partial charge is 0.390 e.